The summed E-state index contributed by atoms with van der Waals surface area (Å²) < 4.78 is 0. The first-order valence-corrected chi connectivity index (χ1v) is 7.94. The zero-order chi connectivity index (χ0) is 17.4. The van der Waals surface area contributed by atoms with Gasteiger partial charge in [0.15, 0.2) is 5.75 Å². The Morgan fingerprint density at radius 3 is 2.32 bits per heavy atom. The molecule has 0 fully saturated rings. The number of carbonyl (C=O) groups excluding carboxylic acids is 1. The lowest BCUT2D eigenvalue weighted by atomic mass is 10.0. The van der Waals surface area contributed by atoms with Gasteiger partial charge in [0.1, 0.15) is 0 Å². The highest BCUT2D eigenvalue weighted by molar-refractivity contribution is 6.12. The van der Waals surface area contributed by atoms with Crippen molar-refractivity contribution in [2.75, 3.05) is 11.1 Å². The SMILES string of the molecule is Nc1c(O)c(C(=O)Nc2ccc3ccccc3c2)cc2ccccc12. The lowest BCUT2D eigenvalue weighted by Gasteiger charge is -2.11. The maximum Gasteiger partial charge on any atom is 0.259 e. The molecule has 122 valence electrons. The van der Waals surface area contributed by atoms with Gasteiger partial charge >= 0.3 is 0 Å². The third kappa shape index (κ3) is 2.64. The van der Waals surface area contributed by atoms with Gasteiger partial charge in [-0.2, -0.15) is 0 Å². The predicted octanol–water partition coefficient (Wildman–Crippen LogP) is 4.53. The fourth-order valence-electron chi connectivity index (χ4n) is 3.00. The molecular weight excluding hydrogens is 312 g/mol. The minimum Gasteiger partial charge on any atom is -0.505 e. The van der Waals surface area contributed by atoms with E-state index in [0.29, 0.717) is 5.69 Å². The van der Waals surface area contributed by atoms with Gasteiger partial charge in [-0.25, -0.2) is 0 Å². The average molecular weight is 328 g/mol. The van der Waals surface area contributed by atoms with Crippen LogP contribution >= 0.6 is 0 Å². The number of fused-ring (bicyclic) bond motifs is 2. The molecule has 4 aromatic rings. The average Bonchev–Trinajstić information content (AvgIpc) is 2.64. The topological polar surface area (TPSA) is 75.3 Å². The molecule has 0 saturated carbocycles. The monoisotopic (exact) mass is 328 g/mol. The van der Waals surface area contributed by atoms with Gasteiger partial charge in [0.2, 0.25) is 0 Å². The van der Waals surface area contributed by atoms with Gasteiger partial charge in [-0.15, -0.1) is 0 Å². The third-order valence-electron chi connectivity index (χ3n) is 4.31. The summed E-state index contributed by atoms with van der Waals surface area (Å²) in [4.78, 5) is 12.6. The van der Waals surface area contributed by atoms with Crippen LogP contribution in [-0.4, -0.2) is 11.0 Å². The van der Waals surface area contributed by atoms with Crippen LogP contribution in [0.25, 0.3) is 21.5 Å². The minimum absolute atomic E-state index is 0.157. The number of phenols is 1. The van der Waals surface area contributed by atoms with Gasteiger partial charge in [-0.05, 0) is 34.4 Å². The summed E-state index contributed by atoms with van der Waals surface area (Å²) in [5.74, 6) is -0.595. The molecule has 0 aliphatic carbocycles. The Labute approximate surface area is 144 Å². The Morgan fingerprint density at radius 1 is 0.840 bits per heavy atom. The van der Waals surface area contributed by atoms with Crippen molar-refractivity contribution in [3.8, 4) is 5.75 Å². The van der Waals surface area contributed by atoms with Gasteiger partial charge in [-0.3, -0.25) is 4.79 Å². The second-order valence-electron chi connectivity index (χ2n) is 5.92. The number of phenolic OH excluding ortho intramolecular Hbond substituents is 1. The van der Waals surface area contributed by atoms with Gasteiger partial charge in [-0.1, -0.05) is 54.6 Å². The minimum atomic E-state index is -0.398. The number of hydrogen-bond acceptors (Lipinski definition) is 3. The third-order valence-corrected chi connectivity index (χ3v) is 4.31. The van der Waals surface area contributed by atoms with Crippen molar-refractivity contribution in [2.24, 2.45) is 0 Å². The molecule has 0 saturated heterocycles. The van der Waals surface area contributed by atoms with Crippen LogP contribution < -0.4 is 11.1 Å². The molecule has 0 aromatic heterocycles. The number of nitrogen functional groups attached to an aromatic ring is 1. The summed E-state index contributed by atoms with van der Waals surface area (Å²) in [7, 11) is 0. The van der Waals surface area contributed by atoms with E-state index in [1.807, 2.05) is 66.7 Å². The number of nitrogens with two attached hydrogens (primary N) is 1. The molecule has 0 bridgehead atoms. The first-order chi connectivity index (χ1) is 12.1. The van der Waals surface area contributed by atoms with Gasteiger partial charge < -0.3 is 16.2 Å². The molecule has 4 aromatic carbocycles. The molecule has 4 nitrogen and oxygen atoms in total. The maximum absolute atomic E-state index is 12.6. The molecule has 0 aliphatic rings. The van der Waals surface area contributed by atoms with Crippen LogP contribution in [0, 0.1) is 0 Å². The van der Waals surface area contributed by atoms with Crippen molar-refractivity contribution in [1.29, 1.82) is 0 Å². The van der Waals surface area contributed by atoms with Gasteiger partial charge in [0, 0.05) is 11.1 Å². The van der Waals surface area contributed by atoms with Crippen LogP contribution in [0.15, 0.2) is 72.8 Å². The highest BCUT2D eigenvalue weighted by Crippen LogP contribution is 2.34. The Bertz CT molecular complexity index is 1120. The second-order valence-corrected chi connectivity index (χ2v) is 5.92. The van der Waals surface area contributed by atoms with E-state index in [-0.39, 0.29) is 17.0 Å². The van der Waals surface area contributed by atoms with Crippen molar-refractivity contribution < 1.29 is 9.90 Å². The van der Waals surface area contributed by atoms with Crippen LogP contribution in [0.4, 0.5) is 11.4 Å². The molecule has 0 heterocycles. The highest BCUT2D eigenvalue weighted by atomic mass is 16.3. The molecule has 1 amide bonds. The van der Waals surface area contributed by atoms with Crippen molar-refractivity contribution in [3.05, 3.63) is 78.4 Å². The molecule has 4 N–H and O–H groups in total. The van der Waals surface area contributed by atoms with E-state index in [2.05, 4.69) is 5.32 Å². The van der Waals surface area contributed by atoms with Crippen molar-refractivity contribution in [1.82, 2.24) is 0 Å². The number of amides is 1. The Kier molecular flexibility index (Phi) is 3.51. The van der Waals surface area contributed by atoms with Crippen LogP contribution in [0.3, 0.4) is 0 Å². The van der Waals surface area contributed by atoms with Crippen molar-refractivity contribution >= 4 is 38.8 Å². The summed E-state index contributed by atoms with van der Waals surface area (Å²) >= 11 is 0. The van der Waals surface area contributed by atoms with Crippen molar-refractivity contribution in [3.63, 3.8) is 0 Å². The molecule has 25 heavy (non-hydrogen) atoms. The molecule has 4 rings (SSSR count). The first-order valence-electron chi connectivity index (χ1n) is 7.94. The first kappa shape index (κ1) is 15.0. The fourth-order valence-corrected chi connectivity index (χ4v) is 3.00. The van der Waals surface area contributed by atoms with E-state index < -0.39 is 5.91 Å². The second kappa shape index (κ2) is 5.83. The van der Waals surface area contributed by atoms with E-state index in [9.17, 15) is 9.90 Å². The zero-order valence-electron chi connectivity index (χ0n) is 13.4. The molecule has 0 unspecified atom stereocenters. The summed E-state index contributed by atoms with van der Waals surface area (Å²) in [5.41, 5.74) is 7.02. The van der Waals surface area contributed by atoms with Gasteiger partial charge in [0.05, 0.1) is 11.3 Å². The normalized spacial score (nSPS) is 10.9. The summed E-state index contributed by atoms with van der Waals surface area (Å²) in [5, 5.41) is 16.8. The number of aromatic hydroxyl groups is 1. The summed E-state index contributed by atoms with van der Waals surface area (Å²) in [6, 6.07) is 22.6. The quantitative estimate of drug-likeness (QED) is 0.374. The Morgan fingerprint density at radius 2 is 1.52 bits per heavy atom. The number of carbonyl (C=O) groups is 1. The molecular formula is C21H16N2O2. The van der Waals surface area contributed by atoms with E-state index in [0.717, 1.165) is 21.5 Å². The number of anilines is 2. The number of hydrogen-bond donors (Lipinski definition) is 3. The molecule has 0 spiro atoms. The van der Waals surface area contributed by atoms with E-state index in [1.54, 1.807) is 6.07 Å². The highest BCUT2D eigenvalue weighted by Gasteiger charge is 2.16. The van der Waals surface area contributed by atoms with Gasteiger partial charge in [0.25, 0.3) is 5.91 Å². The zero-order valence-corrected chi connectivity index (χ0v) is 13.4. The number of nitrogens with one attached hydrogen (secondary N) is 1. The standard InChI is InChI=1S/C21H16N2O2/c22-19-17-8-4-3-7-15(17)12-18(20(19)24)21(25)23-16-10-9-13-5-1-2-6-14(13)11-16/h1-12,24H,22H2,(H,23,25). The molecule has 0 atom stereocenters. The Balaban J connectivity index is 1.72. The molecule has 4 heteroatoms. The van der Waals surface area contributed by atoms with E-state index in [1.165, 1.54) is 0 Å². The molecule has 0 radical (unpaired) electrons. The lowest BCUT2D eigenvalue weighted by Crippen LogP contribution is -2.12. The largest absolute Gasteiger partial charge is 0.505 e. The van der Waals surface area contributed by atoms with Crippen molar-refractivity contribution in [2.45, 2.75) is 0 Å². The predicted molar refractivity (Wildman–Crippen MR) is 102 cm³/mol. The van der Waals surface area contributed by atoms with E-state index >= 15 is 0 Å². The maximum atomic E-state index is 12.6. The summed E-state index contributed by atoms with van der Waals surface area (Å²) in [6.45, 7) is 0. The smallest absolute Gasteiger partial charge is 0.259 e. The fraction of sp³-hybridized carbons (Fsp3) is 0. The molecule has 0 aliphatic heterocycles. The van der Waals surface area contributed by atoms with Crippen LogP contribution in [0.5, 0.6) is 5.75 Å². The number of rotatable bonds is 2. The lowest BCUT2D eigenvalue weighted by molar-refractivity contribution is 0.102. The van der Waals surface area contributed by atoms with Crippen LogP contribution in [0.2, 0.25) is 0 Å². The van der Waals surface area contributed by atoms with Crippen LogP contribution in [0.1, 0.15) is 10.4 Å². The summed E-state index contributed by atoms with van der Waals surface area (Å²) in [6.07, 6.45) is 0. The van der Waals surface area contributed by atoms with E-state index in [4.69, 9.17) is 5.73 Å². The Hall–Kier alpha value is -3.53. The van der Waals surface area contributed by atoms with Crippen LogP contribution in [-0.2, 0) is 0 Å². The number of benzene rings is 4.